The average Bonchev–Trinajstić information content (AvgIpc) is 2.54. The molecule has 0 aromatic carbocycles. The Hall–Kier alpha value is -0.950. The molecule has 0 atom stereocenters. The molecule has 13 heavy (non-hydrogen) atoms. The van der Waals surface area contributed by atoms with Gasteiger partial charge in [-0.1, -0.05) is 6.92 Å². The Morgan fingerprint density at radius 3 is 3.23 bits per heavy atom. The minimum atomic E-state index is 0.436. The van der Waals surface area contributed by atoms with Crippen LogP contribution in [0.4, 0.5) is 0 Å². The molecule has 0 aliphatic carbocycles. The third kappa shape index (κ3) is 3.11. The molecule has 1 aromatic heterocycles. The van der Waals surface area contributed by atoms with E-state index < -0.39 is 0 Å². The summed E-state index contributed by atoms with van der Waals surface area (Å²) < 4.78 is 1.95. The number of thioether (sulfide) groups is 1. The number of H-pyrrole nitrogens is 1. The molecule has 0 radical (unpaired) electrons. The number of imidazole rings is 1. The van der Waals surface area contributed by atoms with E-state index in [0.29, 0.717) is 6.54 Å². The number of nitrogens with one attached hydrogen (secondary N) is 1. The molecule has 0 saturated carbocycles. The number of hydrogen-bond donors (Lipinski definition) is 1. The maximum absolute atomic E-state index is 8.54. The SMILES string of the molecule is CCCSCc1[nH]cc[n+]1CC#N. The number of hydrogen-bond acceptors (Lipinski definition) is 2. The molecule has 0 aliphatic rings. The molecule has 0 fully saturated rings. The van der Waals surface area contributed by atoms with Crippen LogP contribution in [0.1, 0.15) is 19.2 Å². The predicted molar refractivity (Wildman–Crippen MR) is 53.1 cm³/mol. The summed E-state index contributed by atoms with van der Waals surface area (Å²) >= 11 is 1.89. The Bertz CT molecular complexity index is 287. The van der Waals surface area contributed by atoms with E-state index in [1.54, 1.807) is 0 Å². The molecule has 0 unspecified atom stereocenters. The summed E-state index contributed by atoms with van der Waals surface area (Å²) in [6, 6.07) is 2.13. The molecule has 70 valence electrons. The smallest absolute Gasteiger partial charge is 0.247 e. The first-order valence-corrected chi connectivity index (χ1v) is 5.54. The monoisotopic (exact) mass is 196 g/mol. The van der Waals surface area contributed by atoms with Crippen LogP contribution in [-0.2, 0) is 12.3 Å². The van der Waals surface area contributed by atoms with Crippen LogP contribution in [0, 0.1) is 11.3 Å². The topological polar surface area (TPSA) is 43.5 Å². The Morgan fingerprint density at radius 1 is 1.69 bits per heavy atom. The van der Waals surface area contributed by atoms with Gasteiger partial charge in [0.25, 0.3) is 5.82 Å². The van der Waals surface area contributed by atoms with Gasteiger partial charge >= 0.3 is 0 Å². The van der Waals surface area contributed by atoms with Crippen molar-refractivity contribution in [3.63, 3.8) is 0 Å². The van der Waals surface area contributed by atoms with Gasteiger partial charge in [-0.25, -0.2) is 9.55 Å². The molecule has 0 spiro atoms. The van der Waals surface area contributed by atoms with E-state index in [1.165, 1.54) is 12.2 Å². The highest BCUT2D eigenvalue weighted by Crippen LogP contribution is 2.07. The van der Waals surface area contributed by atoms with Crippen LogP contribution < -0.4 is 4.57 Å². The Kier molecular flexibility index (Phi) is 4.41. The van der Waals surface area contributed by atoms with E-state index in [9.17, 15) is 0 Å². The van der Waals surface area contributed by atoms with Crippen molar-refractivity contribution < 1.29 is 4.57 Å². The Balaban J connectivity index is 2.46. The number of rotatable bonds is 5. The number of nitriles is 1. The predicted octanol–water partition coefficient (Wildman–Crippen LogP) is 1.47. The highest BCUT2D eigenvalue weighted by Gasteiger charge is 2.08. The highest BCUT2D eigenvalue weighted by atomic mass is 32.2. The molecule has 1 N–H and O–H groups in total. The van der Waals surface area contributed by atoms with Crippen LogP contribution >= 0.6 is 11.8 Å². The summed E-state index contributed by atoms with van der Waals surface area (Å²) in [4.78, 5) is 3.14. The number of aromatic amines is 1. The minimum absolute atomic E-state index is 0.436. The fraction of sp³-hybridized carbons (Fsp3) is 0.556. The van der Waals surface area contributed by atoms with Crippen molar-refractivity contribution in [3.05, 3.63) is 18.2 Å². The third-order valence-corrected chi connectivity index (χ3v) is 2.85. The lowest BCUT2D eigenvalue weighted by Gasteiger charge is -1.95. The molecular weight excluding hydrogens is 182 g/mol. The second-order valence-electron chi connectivity index (χ2n) is 2.75. The van der Waals surface area contributed by atoms with E-state index >= 15 is 0 Å². The maximum Gasteiger partial charge on any atom is 0.265 e. The zero-order valence-electron chi connectivity index (χ0n) is 7.79. The molecule has 1 aromatic rings. The van der Waals surface area contributed by atoms with Crippen LogP contribution in [0.15, 0.2) is 12.4 Å². The quantitative estimate of drug-likeness (QED) is 0.572. The minimum Gasteiger partial charge on any atom is -0.247 e. The zero-order valence-corrected chi connectivity index (χ0v) is 8.60. The van der Waals surface area contributed by atoms with Gasteiger partial charge in [0, 0.05) is 0 Å². The van der Waals surface area contributed by atoms with Gasteiger partial charge in [0.2, 0.25) is 0 Å². The second-order valence-corrected chi connectivity index (χ2v) is 3.85. The molecular formula is C9H14N3S+. The van der Waals surface area contributed by atoms with Gasteiger partial charge < -0.3 is 0 Å². The third-order valence-electron chi connectivity index (χ3n) is 1.68. The molecule has 0 saturated heterocycles. The van der Waals surface area contributed by atoms with E-state index in [1.807, 2.05) is 28.7 Å². The summed E-state index contributed by atoms with van der Waals surface area (Å²) in [7, 11) is 0. The van der Waals surface area contributed by atoms with Crippen LogP contribution in [0.5, 0.6) is 0 Å². The van der Waals surface area contributed by atoms with E-state index in [2.05, 4.69) is 18.0 Å². The van der Waals surface area contributed by atoms with Gasteiger partial charge in [0.1, 0.15) is 18.5 Å². The summed E-state index contributed by atoms with van der Waals surface area (Å²) in [5.41, 5.74) is 0. The van der Waals surface area contributed by atoms with Gasteiger partial charge in [-0.05, 0) is 12.2 Å². The fourth-order valence-corrected chi connectivity index (χ4v) is 1.93. The van der Waals surface area contributed by atoms with E-state index in [4.69, 9.17) is 5.26 Å². The lowest BCUT2D eigenvalue weighted by atomic mass is 10.6. The maximum atomic E-state index is 8.54. The van der Waals surface area contributed by atoms with Crippen molar-refractivity contribution >= 4 is 11.8 Å². The summed E-state index contributed by atoms with van der Waals surface area (Å²) in [6.45, 7) is 2.61. The molecule has 0 amide bonds. The van der Waals surface area contributed by atoms with Crippen molar-refractivity contribution in [1.29, 1.82) is 5.26 Å². The Labute approximate surface area is 82.8 Å². The van der Waals surface area contributed by atoms with E-state index in [0.717, 1.165) is 11.6 Å². The first-order chi connectivity index (χ1) is 6.38. The van der Waals surface area contributed by atoms with Crippen LogP contribution in [0.2, 0.25) is 0 Å². The molecule has 0 bridgehead atoms. The lowest BCUT2D eigenvalue weighted by molar-refractivity contribution is -0.690. The van der Waals surface area contributed by atoms with Crippen molar-refractivity contribution in [2.75, 3.05) is 5.75 Å². The van der Waals surface area contributed by atoms with Crippen LogP contribution in [0.25, 0.3) is 0 Å². The molecule has 3 nitrogen and oxygen atoms in total. The summed E-state index contributed by atoms with van der Waals surface area (Å²) in [5, 5.41) is 8.54. The first-order valence-electron chi connectivity index (χ1n) is 4.39. The van der Waals surface area contributed by atoms with Crippen molar-refractivity contribution in [3.8, 4) is 6.07 Å². The lowest BCUT2D eigenvalue weighted by Crippen LogP contribution is -2.34. The largest absolute Gasteiger partial charge is 0.265 e. The van der Waals surface area contributed by atoms with Crippen molar-refractivity contribution in [2.24, 2.45) is 0 Å². The zero-order chi connectivity index (χ0) is 9.52. The fourth-order valence-electron chi connectivity index (χ4n) is 1.06. The Morgan fingerprint density at radius 2 is 2.54 bits per heavy atom. The molecule has 4 heteroatoms. The first kappa shape index (κ1) is 10.1. The molecule has 1 rings (SSSR count). The van der Waals surface area contributed by atoms with Crippen molar-refractivity contribution in [2.45, 2.75) is 25.6 Å². The van der Waals surface area contributed by atoms with E-state index in [-0.39, 0.29) is 0 Å². The standard InChI is InChI=1S/C9H13N3S/c1-2-7-13-8-9-11-4-6-12(9)5-3-10/h4,6H,2,5,7-8H2,1H3/p+1. The average molecular weight is 196 g/mol. The summed E-state index contributed by atoms with van der Waals surface area (Å²) in [6.07, 6.45) is 4.98. The molecule has 1 heterocycles. The van der Waals surface area contributed by atoms with Gasteiger partial charge in [-0.15, -0.1) is 11.8 Å². The van der Waals surface area contributed by atoms with Gasteiger partial charge in [-0.3, -0.25) is 0 Å². The van der Waals surface area contributed by atoms with Crippen LogP contribution in [0.3, 0.4) is 0 Å². The number of aromatic nitrogens is 2. The molecule has 0 aliphatic heterocycles. The van der Waals surface area contributed by atoms with Gasteiger partial charge in [0.15, 0.2) is 6.54 Å². The van der Waals surface area contributed by atoms with Crippen molar-refractivity contribution in [1.82, 2.24) is 4.98 Å². The van der Waals surface area contributed by atoms with Crippen LogP contribution in [-0.4, -0.2) is 10.7 Å². The highest BCUT2D eigenvalue weighted by molar-refractivity contribution is 7.98. The van der Waals surface area contributed by atoms with Gasteiger partial charge in [-0.2, -0.15) is 5.26 Å². The second kappa shape index (κ2) is 5.65. The normalized spacial score (nSPS) is 9.85. The number of nitrogens with zero attached hydrogens (tertiary/aromatic N) is 2. The van der Waals surface area contributed by atoms with Gasteiger partial charge in [0.05, 0.1) is 5.75 Å². The summed E-state index contributed by atoms with van der Waals surface area (Å²) in [5.74, 6) is 3.26.